The van der Waals surface area contributed by atoms with Crippen LogP contribution in [0.1, 0.15) is 58.1 Å². The van der Waals surface area contributed by atoms with Crippen molar-refractivity contribution in [1.82, 2.24) is 4.98 Å². The number of ether oxygens (including phenoxy) is 1. The molecule has 0 atom stereocenters. The second kappa shape index (κ2) is 8.05. The van der Waals surface area contributed by atoms with Crippen molar-refractivity contribution in [1.29, 1.82) is 0 Å². The van der Waals surface area contributed by atoms with Gasteiger partial charge in [-0.3, -0.25) is 10.3 Å². The molecule has 29 heavy (non-hydrogen) atoms. The summed E-state index contributed by atoms with van der Waals surface area (Å²) in [5, 5.41) is 2.70. The van der Waals surface area contributed by atoms with Crippen molar-refractivity contribution in [2.75, 3.05) is 5.32 Å². The molecule has 1 aliphatic rings. The number of hydrogen-bond acceptors (Lipinski definition) is 3. The molecular formula is C22H25F3N2O2. The Kier molecular flexibility index (Phi) is 5.87. The fraction of sp³-hybridized carbons (Fsp3) is 0.455. The molecule has 1 aliphatic carbocycles. The fourth-order valence-electron chi connectivity index (χ4n) is 3.54. The quantitative estimate of drug-likeness (QED) is 0.631. The Hall–Kier alpha value is -2.57. The molecule has 1 aromatic heterocycles. The topological polar surface area (TPSA) is 51.2 Å². The molecule has 0 bridgehead atoms. The molecule has 4 nitrogen and oxygen atoms in total. The minimum atomic E-state index is -2.68. The predicted octanol–water partition coefficient (Wildman–Crippen LogP) is 6.53. The summed E-state index contributed by atoms with van der Waals surface area (Å²) in [5.41, 5.74) is 0.797. The summed E-state index contributed by atoms with van der Waals surface area (Å²) in [6.07, 6.45) is 0.812. The Labute approximate surface area is 168 Å². The van der Waals surface area contributed by atoms with E-state index in [-0.39, 0.29) is 31.6 Å². The van der Waals surface area contributed by atoms with Crippen molar-refractivity contribution in [3.8, 4) is 11.1 Å². The lowest BCUT2D eigenvalue weighted by molar-refractivity contribution is -0.0384. The molecule has 1 N–H and O–H groups in total. The number of benzene rings is 1. The Morgan fingerprint density at radius 2 is 1.79 bits per heavy atom. The van der Waals surface area contributed by atoms with E-state index in [4.69, 9.17) is 4.74 Å². The van der Waals surface area contributed by atoms with Crippen LogP contribution in [0, 0.1) is 5.82 Å². The number of anilines is 1. The van der Waals surface area contributed by atoms with Crippen LogP contribution in [0.25, 0.3) is 11.1 Å². The molecule has 1 fully saturated rings. The van der Waals surface area contributed by atoms with Crippen molar-refractivity contribution in [2.45, 2.75) is 63.9 Å². The molecular weight excluding hydrogens is 381 g/mol. The van der Waals surface area contributed by atoms with Crippen molar-refractivity contribution < 1.29 is 22.7 Å². The molecule has 1 aromatic carbocycles. The average Bonchev–Trinajstić information content (AvgIpc) is 2.61. The molecule has 2 aromatic rings. The van der Waals surface area contributed by atoms with Gasteiger partial charge < -0.3 is 4.74 Å². The number of rotatable bonds is 3. The van der Waals surface area contributed by atoms with E-state index in [0.29, 0.717) is 22.5 Å². The molecule has 1 heterocycles. The van der Waals surface area contributed by atoms with E-state index in [0.717, 1.165) is 0 Å². The van der Waals surface area contributed by atoms with E-state index >= 15 is 0 Å². The van der Waals surface area contributed by atoms with Crippen molar-refractivity contribution in [2.24, 2.45) is 0 Å². The standard InChI is InChI=1S/C22H25F3N2O2/c1-21(2,3)29-20(28)27-19-16(15-6-4-5-7-17(15)23)10-13-26-18(19)14-8-11-22(24,25)12-9-14/h4-7,10,13-14H,8-9,11-12H2,1-3H3,(H,27,28). The summed E-state index contributed by atoms with van der Waals surface area (Å²) in [6.45, 7) is 5.20. The first-order chi connectivity index (χ1) is 13.6. The second-order valence-electron chi connectivity index (χ2n) is 8.36. The van der Waals surface area contributed by atoms with E-state index in [9.17, 15) is 18.0 Å². The number of nitrogens with one attached hydrogen (secondary N) is 1. The molecule has 7 heteroatoms. The molecule has 156 valence electrons. The zero-order valence-corrected chi connectivity index (χ0v) is 16.8. The third-order valence-electron chi connectivity index (χ3n) is 4.87. The molecule has 0 spiro atoms. The number of nitrogens with zero attached hydrogens (tertiary/aromatic N) is 1. The zero-order valence-electron chi connectivity index (χ0n) is 16.8. The maximum absolute atomic E-state index is 14.5. The van der Waals surface area contributed by atoms with Gasteiger partial charge in [0, 0.05) is 36.1 Å². The van der Waals surface area contributed by atoms with Crippen molar-refractivity contribution in [3.63, 3.8) is 0 Å². The van der Waals surface area contributed by atoms with Crippen LogP contribution in [-0.4, -0.2) is 22.6 Å². The number of hydrogen-bond donors (Lipinski definition) is 1. The highest BCUT2D eigenvalue weighted by Gasteiger charge is 2.37. The van der Waals surface area contributed by atoms with Gasteiger partial charge in [-0.2, -0.15) is 0 Å². The highest BCUT2D eigenvalue weighted by molar-refractivity contribution is 5.93. The van der Waals surface area contributed by atoms with Crippen LogP contribution < -0.4 is 5.32 Å². The van der Waals surface area contributed by atoms with Gasteiger partial charge in [0.15, 0.2) is 0 Å². The van der Waals surface area contributed by atoms with Crippen LogP contribution in [0.2, 0.25) is 0 Å². The van der Waals surface area contributed by atoms with Gasteiger partial charge in [0.1, 0.15) is 11.4 Å². The molecule has 0 aliphatic heterocycles. The fourth-order valence-corrected chi connectivity index (χ4v) is 3.54. The van der Waals surface area contributed by atoms with Crippen LogP contribution in [0.3, 0.4) is 0 Å². The maximum Gasteiger partial charge on any atom is 0.412 e. The van der Waals surface area contributed by atoms with Gasteiger partial charge in [-0.15, -0.1) is 0 Å². The number of halogens is 3. The van der Waals surface area contributed by atoms with E-state index in [1.165, 1.54) is 12.3 Å². The van der Waals surface area contributed by atoms with Crippen LogP contribution >= 0.6 is 0 Å². The normalized spacial score (nSPS) is 17.0. The van der Waals surface area contributed by atoms with E-state index in [2.05, 4.69) is 10.3 Å². The summed E-state index contributed by atoms with van der Waals surface area (Å²) >= 11 is 0. The summed E-state index contributed by atoms with van der Waals surface area (Å²) in [5.74, 6) is -3.39. The number of carbonyl (C=O) groups excluding carboxylic acids is 1. The minimum absolute atomic E-state index is 0.240. The Morgan fingerprint density at radius 3 is 2.41 bits per heavy atom. The smallest absolute Gasteiger partial charge is 0.412 e. The van der Waals surface area contributed by atoms with E-state index in [1.807, 2.05) is 0 Å². The van der Waals surface area contributed by atoms with E-state index < -0.39 is 23.4 Å². The van der Waals surface area contributed by atoms with Gasteiger partial charge in [-0.25, -0.2) is 18.0 Å². The van der Waals surface area contributed by atoms with Gasteiger partial charge in [-0.05, 0) is 45.7 Å². The number of amides is 1. The summed E-state index contributed by atoms with van der Waals surface area (Å²) in [7, 11) is 0. The summed E-state index contributed by atoms with van der Waals surface area (Å²) < 4.78 is 47.1. The van der Waals surface area contributed by atoms with Gasteiger partial charge in [0.2, 0.25) is 5.92 Å². The van der Waals surface area contributed by atoms with Crippen LogP contribution in [0.5, 0.6) is 0 Å². The number of pyridine rings is 1. The average molecular weight is 406 g/mol. The lowest BCUT2D eigenvalue weighted by Gasteiger charge is -2.30. The highest BCUT2D eigenvalue weighted by atomic mass is 19.3. The minimum Gasteiger partial charge on any atom is -0.444 e. The summed E-state index contributed by atoms with van der Waals surface area (Å²) in [4.78, 5) is 16.8. The Bertz CT molecular complexity index is 884. The van der Waals surface area contributed by atoms with Gasteiger partial charge in [0.25, 0.3) is 0 Å². The third kappa shape index (κ3) is 5.28. The van der Waals surface area contributed by atoms with Crippen molar-refractivity contribution in [3.05, 3.63) is 48.0 Å². The number of carbonyl (C=O) groups is 1. The van der Waals surface area contributed by atoms with Gasteiger partial charge in [-0.1, -0.05) is 18.2 Å². The maximum atomic E-state index is 14.5. The summed E-state index contributed by atoms with van der Waals surface area (Å²) in [6, 6.07) is 7.80. The predicted molar refractivity (Wildman–Crippen MR) is 106 cm³/mol. The lowest BCUT2D eigenvalue weighted by Crippen LogP contribution is -2.29. The zero-order chi connectivity index (χ0) is 21.2. The third-order valence-corrected chi connectivity index (χ3v) is 4.87. The lowest BCUT2D eigenvalue weighted by atomic mass is 9.83. The first kappa shape index (κ1) is 21.1. The van der Waals surface area contributed by atoms with Crippen LogP contribution in [0.15, 0.2) is 36.5 Å². The number of alkyl halides is 2. The molecule has 1 amide bonds. The first-order valence-corrected chi connectivity index (χ1v) is 9.67. The van der Waals surface area contributed by atoms with Crippen molar-refractivity contribution >= 4 is 11.8 Å². The monoisotopic (exact) mass is 406 g/mol. The highest BCUT2D eigenvalue weighted by Crippen LogP contribution is 2.44. The number of aromatic nitrogens is 1. The Morgan fingerprint density at radius 1 is 1.14 bits per heavy atom. The second-order valence-corrected chi connectivity index (χ2v) is 8.36. The SMILES string of the molecule is CC(C)(C)OC(=O)Nc1c(-c2ccccc2F)ccnc1C1CCC(F)(F)CC1. The van der Waals surface area contributed by atoms with E-state index in [1.54, 1.807) is 45.0 Å². The molecule has 0 saturated heterocycles. The molecule has 0 radical (unpaired) electrons. The Balaban J connectivity index is 2.03. The largest absolute Gasteiger partial charge is 0.444 e. The van der Waals surface area contributed by atoms with Crippen LogP contribution in [-0.2, 0) is 4.74 Å². The van der Waals surface area contributed by atoms with Crippen LogP contribution in [0.4, 0.5) is 23.7 Å². The van der Waals surface area contributed by atoms with Gasteiger partial charge >= 0.3 is 6.09 Å². The molecule has 1 saturated carbocycles. The molecule has 3 rings (SSSR count). The molecule has 0 unspecified atom stereocenters. The van der Waals surface area contributed by atoms with Gasteiger partial charge in [0.05, 0.1) is 11.4 Å². The first-order valence-electron chi connectivity index (χ1n) is 9.67.